The van der Waals surface area contributed by atoms with Crippen molar-refractivity contribution < 1.29 is 40.1 Å². The van der Waals surface area contributed by atoms with E-state index < -0.39 is 36.8 Å². The zero-order valence-corrected chi connectivity index (χ0v) is 26.3. The largest absolute Gasteiger partial charge is 0.393 e. The Hall–Kier alpha value is -0.840. The minimum absolute atomic E-state index is 0.0143. The smallest absolute Gasteiger partial charge is 0.186 e. The molecule has 0 bridgehead atoms. The molecule has 5 rings (SSSR count). The quantitative estimate of drug-likeness (QED) is 0.236. The molecule has 0 aromatic carbocycles. The molecule has 4 aliphatic carbocycles. The van der Waals surface area contributed by atoms with Crippen LogP contribution in [0, 0.1) is 40.4 Å². The highest BCUT2D eigenvalue weighted by Crippen LogP contribution is 2.66. The highest BCUT2D eigenvalue weighted by molar-refractivity contribution is 5.38. The predicted octanol–water partition coefficient (Wildman–Crippen LogP) is 3.47. The Bertz CT molecular complexity index is 1030. The molecule has 8 nitrogen and oxygen atoms in total. The number of rotatable bonds is 8. The van der Waals surface area contributed by atoms with Gasteiger partial charge in [-0.05, 0) is 104 Å². The average Bonchev–Trinajstić information content (AvgIpc) is 3.21. The number of fused-ring (bicyclic) bond motifs is 4. The van der Waals surface area contributed by atoms with Crippen molar-refractivity contribution in [3.8, 4) is 0 Å². The Morgan fingerprint density at radius 1 is 0.976 bits per heavy atom. The lowest BCUT2D eigenvalue weighted by Gasteiger charge is -2.58. The third-order valence-corrected chi connectivity index (χ3v) is 12.4. The minimum Gasteiger partial charge on any atom is -0.393 e. The summed E-state index contributed by atoms with van der Waals surface area (Å²) in [6.45, 7) is 11.5. The maximum atomic E-state index is 11.5. The van der Waals surface area contributed by atoms with E-state index in [-0.39, 0.29) is 36.1 Å². The third-order valence-electron chi connectivity index (χ3n) is 12.4. The number of hydrogen-bond acceptors (Lipinski definition) is 8. The van der Waals surface area contributed by atoms with Crippen molar-refractivity contribution in [2.45, 2.75) is 135 Å². The van der Waals surface area contributed by atoms with Crippen molar-refractivity contribution >= 4 is 0 Å². The van der Waals surface area contributed by atoms with Gasteiger partial charge in [0, 0.05) is 0 Å². The van der Waals surface area contributed by atoms with Gasteiger partial charge in [-0.2, -0.15) is 0 Å². The lowest BCUT2D eigenvalue weighted by molar-refractivity contribution is -0.266. The maximum Gasteiger partial charge on any atom is 0.186 e. The van der Waals surface area contributed by atoms with E-state index >= 15 is 0 Å². The Balaban J connectivity index is 1.26. The summed E-state index contributed by atoms with van der Waals surface area (Å²) in [5.74, 6) is 1.62. The Kier molecular flexibility index (Phi) is 9.70. The summed E-state index contributed by atoms with van der Waals surface area (Å²) in [6.07, 6.45) is 4.07. The van der Waals surface area contributed by atoms with Gasteiger partial charge in [-0.1, -0.05) is 51.8 Å². The van der Waals surface area contributed by atoms with E-state index in [2.05, 4.69) is 40.7 Å². The molecule has 13 atom stereocenters. The molecule has 240 valence electrons. The first-order valence-electron chi connectivity index (χ1n) is 16.5. The van der Waals surface area contributed by atoms with Crippen LogP contribution in [0.2, 0.25) is 0 Å². The second-order valence-corrected chi connectivity index (χ2v) is 15.2. The van der Waals surface area contributed by atoms with Crippen molar-refractivity contribution in [1.82, 2.24) is 0 Å². The molecule has 0 spiro atoms. The predicted molar refractivity (Wildman–Crippen MR) is 159 cm³/mol. The molecular formula is C34H56O8. The molecular weight excluding hydrogens is 536 g/mol. The molecule has 0 aromatic heterocycles. The van der Waals surface area contributed by atoms with E-state index in [0.717, 1.165) is 44.9 Å². The van der Waals surface area contributed by atoms with E-state index in [1.54, 1.807) is 0 Å². The second kappa shape index (κ2) is 12.5. The van der Waals surface area contributed by atoms with Crippen LogP contribution in [0.3, 0.4) is 0 Å². The van der Waals surface area contributed by atoms with E-state index in [0.29, 0.717) is 36.5 Å². The Morgan fingerprint density at radius 2 is 1.71 bits per heavy atom. The zero-order chi connectivity index (χ0) is 30.6. The van der Waals surface area contributed by atoms with Crippen LogP contribution in [0.4, 0.5) is 0 Å². The van der Waals surface area contributed by atoms with Crippen LogP contribution in [0.25, 0.3) is 0 Å². The number of hydrogen-bond donors (Lipinski definition) is 6. The molecule has 8 heteroatoms. The fourth-order valence-corrected chi connectivity index (χ4v) is 9.88. The summed E-state index contributed by atoms with van der Waals surface area (Å²) >= 11 is 0. The normalized spacial score (nSPS) is 46.8. The molecule has 1 heterocycles. The second-order valence-electron chi connectivity index (χ2n) is 15.2. The Morgan fingerprint density at radius 3 is 2.43 bits per heavy atom. The van der Waals surface area contributed by atoms with Gasteiger partial charge in [0.2, 0.25) is 0 Å². The highest BCUT2D eigenvalue weighted by atomic mass is 16.7. The molecule has 1 aliphatic heterocycles. The molecule has 3 saturated carbocycles. The third kappa shape index (κ3) is 5.80. The number of aliphatic hydroxyl groups excluding tert-OH is 6. The fourth-order valence-electron chi connectivity index (χ4n) is 9.88. The van der Waals surface area contributed by atoms with Crippen LogP contribution >= 0.6 is 0 Å². The number of aliphatic hydroxyl groups is 6. The van der Waals surface area contributed by atoms with Gasteiger partial charge < -0.3 is 40.1 Å². The molecule has 4 fully saturated rings. The van der Waals surface area contributed by atoms with E-state index in [9.17, 15) is 30.6 Å². The van der Waals surface area contributed by atoms with E-state index in [1.165, 1.54) is 16.7 Å². The first-order chi connectivity index (χ1) is 19.8. The zero-order valence-electron chi connectivity index (χ0n) is 26.3. The summed E-state index contributed by atoms with van der Waals surface area (Å²) < 4.78 is 11.1. The van der Waals surface area contributed by atoms with Gasteiger partial charge in [0.05, 0.1) is 31.5 Å². The standard InChI is InChI=1S/C34H56O8/c1-18(2)20(10-13-41-32-31(40)30(39)28(38)17-42-32)7-6-19(3)24-16-27(37)29-22-15-26(36)25-14-21(35)8-11-33(25,4)23(22)9-12-34(24,29)5/h10,18-19,21,23-28,30-32,35-40H,6-9,11-17H2,1-5H3/b20-10+/t19-,21+,23?,24-,25?,26+,27-,28-,30+,31-,32-,33-,34-/m1/s1. The van der Waals surface area contributed by atoms with Gasteiger partial charge in [-0.3, -0.25) is 0 Å². The molecule has 0 aromatic rings. The van der Waals surface area contributed by atoms with Gasteiger partial charge in [-0.15, -0.1) is 0 Å². The molecule has 6 N–H and O–H groups in total. The lowest BCUT2D eigenvalue weighted by Crippen LogP contribution is -2.53. The van der Waals surface area contributed by atoms with Crippen LogP contribution in [0.1, 0.15) is 92.4 Å². The topological polar surface area (TPSA) is 140 Å². The molecule has 2 unspecified atom stereocenters. The van der Waals surface area contributed by atoms with Gasteiger partial charge >= 0.3 is 0 Å². The minimum atomic E-state index is -1.29. The monoisotopic (exact) mass is 592 g/mol. The maximum absolute atomic E-state index is 11.5. The summed E-state index contributed by atoms with van der Waals surface area (Å²) in [6, 6.07) is 0. The first-order valence-corrected chi connectivity index (χ1v) is 16.5. The van der Waals surface area contributed by atoms with Crippen molar-refractivity contribution in [2.24, 2.45) is 40.4 Å². The van der Waals surface area contributed by atoms with Gasteiger partial charge in [-0.25, -0.2) is 0 Å². The number of ether oxygens (including phenoxy) is 2. The fraction of sp³-hybridized carbons (Fsp3) is 0.882. The van der Waals surface area contributed by atoms with Crippen molar-refractivity contribution in [1.29, 1.82) is 0 Å². The van der Waals surface area contributed by atoms with E-state index in [4.69, 9.17) is 9.47 Å². The van der Waals surface area contributed by atoms with Gasteiger partial charge in [0.1, 0.15) is 18.3 Å². The van der Waals surface area contributed by atoms with E-state index in [1.807, 2.05) is 0 Å². The molecule has 5 aliphatic rings. The summed E-state index contributed by atoms with van der Waals surface area (Å²) in [5.41, 5.74) is 3.75. The first kappa shape index (κ1) is 32.6. The summed E-state index contributed by atoms with van der Waals surface area (Å²) in [5, 5.41) is 62.9. The number of allylic oxidation sites excluding steroid dienone is 1. The van der Waals surface area contributed by atoms with Crippen molar-refractivity contribution in [3.05, 3.63) is 22.8 Å². The van der Waals surface area contributed by atoms with Crippen LogP contribution < -0.4 is 0 Å². The highest BCUT2D eigenvalue weighted by Gasteiger charge is 2.59. The van der Waals surface area contributed by atoms with Crippen LogP contribution in [0.5, 0.6) is 0 Å². The van der Waals surface area contributed by atoms with Crippen LogP contribution in [0.15, 0.2) is 22.8 Å². The van der Waals surface area contributed by atoms with Crippen molar-refractivity contribution in [3.63, 3.8) is 0 Å². The van der Waals surface area contributed by atoms with Gasteiger partial charge in [0.15, 0.2) is 6.29 Å². The SMILES string of the molecule is CC(C)/C(=C/CO[C@@H]1OC[C@@H](O)[C@H](O)[C@H]1O)CC[C@@H](C)[C@H]1C[C@@H](O)C2=C3C[C@H](O)C4C[C@@H](O)CC[C@]4(C)C3CC[C@@]21C. The van der Waals surface area contributed by atoms with Crippen molar-refractivity contribution in [2.75, 3.05) is 13.2 Å². The molecule has 1 saturated heterocycles. The lowest BCUT2D eigenvalue weighted by atomic mass is 9.48. The Labute approximate surface area is 251 Å². The average molecular weight is 593 g/mol. The van der Waals surface area contributed by atoms with Gasteiger partial charge in [0.25, 0.3) is 0 Å². The van der Waals surface area contributed by atoms with Crippen LogP contribution in [-0.2, 0) is 9.47 Å². The summed E-state index contributed by atoms with van der Waals surface area (Å²) in [4.78, 5) is 0. The summed E-state index contributed by atoms with van der Waals surface area (Å²) in [7, 11) is 0. The molecule has 0 amide bonds. The van der Waals surface area contributed by atoms with Crippen LogP contribution in [-0.4, -0.2) is 86.8 Å². The molecule has 0 radical (unpaired) electrons. The molecule has 42 heavy (non-hydrogen) atoms.